The average Bonchev–Trinajstić information content (AvgIpc) is 3.60. The SMILES string of the molecule is O=C(O)C(c1cnccc1C1CC1)N1CCC(OCCCCCc2ccc3c(n2)NCCC3)C1. The molecule has 7 heteroatoms. The lowest BCUT2D eigenvalue weighted by atomic mass is 9.98. The maximum atomic E-state index is 12.2. The zero-order valence-electron chi connectivity index (χ0n) is 19.9. The number of likely N-dealkylation sites (tertiary alicyclic amines) is 1. The van der Waals surface area contributed by atoms with Gasteiger partial charge in [-0.15, -0.1) is 0 Å². The Labute approximate surface area is 201 Å². The first kappa shape index (κ1) is 23.2. The summed E-state index contributed by atoms with van der Waals surface area (Å²) >= 11 is 0. The van der Waals surface area contributed by atoms with Crippen LogP contribution in [-0.4, -0.2) is 58.3 Å². The second kappa shape index (κ2) is 10.8. The minimum absolute atomic E-state index is 0.108. The van der Waals surface area contributed by atoms with E-state index in [1.165, 1.54) is 17.7 Å². The molecule has 1 saturated carbocycles. The maximum absolute atomic E-state index is 12.2. The first-order valence-electron chi connectivity index (χ1n) is 12.9. The summed E-state index contributed by atoms with van der Waals surface area (Å²) in [6.07, 6.45) is 13.4. The Morgan fingerprint density at radius 1 is 1.21 bits per heavy atom. The maximum Gasteiger partial charge on any atom is 0.325 e. The molecule has 0 bridgehead atoms. The molecule has 2 aliphatic heterocycles. The summed E-state index contributed by atoms with van der Waals surface area (Å²) < 4.78 is 6.14. The summed E-state index contributed by atoms with van der Waals surface area (Å²) in [4.78, 5) is 23.3. The van der Waals surface area contributed by atoms with Crippen LogP contribution in [0.4, 0.5) is 5.82 Å². The number of aromatic nitrogens is 2. The number of hydrogen-bond donors (Lipinski definition) is 2. The van der Waals surface area contributed by atoms with E-state index in [4.69, 9.17) is 9.72 Å². The third-order valence-electron chi connectivity index (χ3n) is 7.36. The van der Waals surface area contributed by atoms with Crippen LogP contribution in [0.1, 0.15) is 79.3 Å². The van der Waals surface area contributed by atoms with Gasteiger partial charge in [-0.3, -0.25) is 14.7 Å². The highest BCUT2D eigenvalue weighted by atomic mass is 16.5. The van der Waals surface area contributed by atoms with Gasteiger partial charge in [0.1, 0.15) is 11.9 Å². The quantitative estimate of drug-likeness (QED) is 0.478. The van der Waals surface area contributed by atoms with Gasteiger partial charge in [0.05, 0.1) is 6.10 Å². The van der Waals surface area contributed by atoms with Gasteiger partial charge in [0.25, 0.3) is 0 Å². The largest absolute Gasteiger partial charge is 0.480 e. The summed E-state index contributed by atoms with van der Waals surface area (Å²) in [6.45, 7) is 3.17. The van der Waals surface area contributed by atoms with Crippen molar-refractivity contribution in [3.63, 3.8) is 0 Å². The number of nitrogens with one attached hydrogen (secondary N) is 1. The number of carboxylic acid groups (broad SMARTS) is 1. The molecular weight excluding hydrogens is 428 g/mol. The van der Waals surface area contributed by atoms with Crippen LogP contribution in [0.15, 0.2) is 30.6 Å². The Morgan fingerprint density at radius 2 is 2.12 bits per heavy atom. The van der Waals surface area contributed by atoms with Crippen molar-refractivity contribution in [3.8, 4) is 0 Å². The van der Waals surface area contributed by atoms with E-state index < -0.39 is 12.0 Å². The van der Waals surface area contributed by atoms with Crippen LogP contribution in [0, 0.1) is 0 Å². The van der Waals surface area contributed by atoms with E-state index in [9.17, 15) is 9.90 Å². The van der Waals surface area contributed by atoms with Crippen molar-refractivity contribution < 1.29 is 14.6 Å². The Balaban J connectivity index is 1.05. The van der Waals surface area contributed by atoms with Gasteiger partial charge in [-0.05, 0) is 80.5 Å². The van der Waals surface area contributed by atoms with Crippen LogP contribution in [-0.2, 0) is 22.4 Å². The average molecular weight is 465 g/mol. The summed E-state index contributed by atoms with van der Waals surface area (Å²) in [6, 6.07) is 5.77. The molecule has 34 heavy (non-hydrogen) atoms. The number of anilines is 1. The lowest BCUT2D eigenvalue weighted by molar-refractivity contribution is -0.143. The van der Waals surface area contributed by atoms with E-state index in [0.29, 0.717) is 12.5 Å². The Morgan fingerprint density at radius 3 is 2.97 bits per heavy atom. The Kier molecular flexibility index (Phi) is 7.40. The first-order chi connectivity index (χ1) is 16.7. The van der Waals surface area contributed by atoms with E-state index in [1.54, 1.807) is 12.4 Å². The molecule has 5 rings (SSSR count). The molecule has 2 aromatic heterocycles. The molecule has 2 atom stereocenters. The van der Waals surface area contributed by atoms with Gasteiger partial charge in [-0.2, -0.15) is 0 Å². The van der Waals surface area contributed by atoms with E-state index in [2.05, 4.69) is 27.3 Å². The van der Waals surface area contributed by atoms with Crippen molar-refractivity contribution in [2.24, 2.45) is 0 Å². The number of aryl methyl sites for hydroxylation is 2. The van der Waals surface area contributed by atoms with Gasteiger partial charge in [0.2, 0.25) is 0 Å². The highest BCUT2D eigenvalue weighted by Crippen LogP contribution is 2.44. The van der Waals surface area contributed by atoms with Crippen molar-refractivity contribution in [1.29, 1.82) is 0 Å². The standard InChI is InChI=1S/C27H36N4O3/c32-27(33)25(24-17-28-14-11-23(24)19-7-8-19)31-15-12-22(18-31)34-16-3-1-2-6-21-10-9-20-5-4-13-29-26(20)30-21/h9-11,14,17,19,22,25H,1-8,12-13,15-16,18H2,(H,29,30)(H,32,33). The van der Waals surface area contributed by atoms with E-state index in [-0.39, 0.29) is 6.10 Å². The predicted octanol–water partition coefficient (Wildman–Crippen LogP) is 4.34. The van der Waals surface area contributed by atoms with Crippen molar-refractivity contribution in [2.75, 3.05) is 31.6 Å². The normalized spacial score (nSPS) is 21.1. The number of fused-ring (bicyclic) bond motifs is 1. The molecule has 3 aliphatic rings. The fourth-order valence-electron chi connectivity index (χ4n) is 5.37. The molecular formula is C27H36N4O3. The first-order valence-corrected chi connectivity index (χ1v) is 12.9. The highest BCUT2D eigenvalue weighted by molar-refractivity contribution is 5.76. The molecule has 0 radical (unpaired) electrons. The minimum Gasteiger partial charge on any atom is -0.480 e. The molecule has 0 aromatic carbocycles. The van der Waals surface area contributed by atoms with Crippen LogP contribution >= 0.6 is 0 Å². The van der Waals surface area contributed by atoms with E-state index in [0.717, 1.165) is 88.0 Å². The zero-order valence-corrected chi connectivity index (χ0v) is 19.9. The third-order valence-corrected chi connectivity index (χ3v) is 7.36. The Hall–Kier alpha value is -2.51. The van der Waals surface area contributed by atoms with Crippen molar-refractivity contribution in [1.82, 2.24) is 14.9 Å². The monoisotopic (exact) mass is 464 g/mol. The molecule has 0 spiro atoms. The molecule has 7 nitrogen and oxygen atoms in total. The molecule has 2 unspecified atom stereocenters. The predicted molar refractivity (Wildman–Crippen MR) is 131 cm³/mol. The van der Waals surface area contributed by atoms with Crippen molar-refractivity contribution in [3.05, 3.63) is 53.0 Å². The molecule has 1 saturated heterocycles. The topological polar surface area (TPSA) is 87.6 Å². The van der Waals surface area contributed by atoms with Gasteiger partial charge in [0.15, 0.2) is 0 Å². The van der Waals surface area contributed by atoms with Crippen LogP contribution < -0.4 is 5.32 Å². The molecule has 2 aromatic rings. The van der Waals surface area contributed by atoms with Crippen LogP contribution in [0.3, 0.4) is 0 Å². The number of pyridine rings is 2. The number of aliphatic carboxylic acids is 1. The lowest BCUT2D eigenvalue weighted by Crippen LogP contribution is -2.34. The van der Waals surface area contributed by atoms with Crippen LogP contribution in [0.2, 0.25) is 0 Å². The number of ether oxygens (including phenoxy) is 1. The molecule has 2 fully saturated rings. The van der Waals surface area contributed by atoms with Gasteiger partial charge in [0, 0.05) is 49.9 Å². The van der Waals surface area contributed by atoms with Crippen LogP contribution in [0.5, 0.6) is 0 Å². The van der Waals surface area contributed by atoms with Gasteiger partial charge in [-0.1, -0.05) is 12.5 Å². The molecule has 182 valence electrons. The summed E-state index contributed by atoms with van der Waals surface area (Å²) in [5, 5.41) is 13.4. The number of hydrogen-bond acceptors (Lipinski definition) is 6. The second-order valence-electron chi connectivity index (χ2n) is 9.95. The summed E-state index contributed by atoms with van der Waals surface area (Å²) in [7, 11) is 0. The van der Waals surface area contributed by atoms with Gasteiger partial charge >= 0.3 is 5.97 Å². The van der Waals surface area contributed by atoms with Gasteiger partial charge in [-0.25, -0.2) is 4.98 Å². The molecule has 1 aliphatic carbocycles. The van der Waals surface area contributed by atoms with Crippen molar-refractivity contribution in [2.45, 2.75) is 75.9 Å². The number of rotatable bonds is 11. The number of carbonyl (C=O) groups is 1. The molecule has 4 heterocycles. The smallest absolute Gasteiger partial charge is 0.325 e. The fourth-order valence-corrected chi connectivity index (χ4v) is 5.37. The van der Waals surface area contributed by atoms with E-state index in [1.807, 2.05) is 6.07 Å². The van der Waals surface area contributed by atoms with Gasteiger partial charge < -0.3 is 15.2 Å². The fraction of sp³-hybridized carbons (Fsp3) is 0.593. The van der Waals surface area contributed by atoms with Crippen molar-refractivity contribution >= 4 is 11.8 Å². The number of unbranched alkanes of at least 4 members (excludes halogenated alkanes) is 2. The zero-order chi connectivity index (χ0) is 23.3. The van der Waals surface area contributed by atoms with Crippen LogP contribution in [0.25, 0.3) is 0 Å². The summed E-state index contributed by atoms with van der Waals surface area (Å²) in [5.41, 5.74) is 4.53. The third kappa shape index (κ3) is 5.58. The molecule has 2 N–H and O–H groups in total. The number of carboxylic acids is 1. The highest BCUT2D eigenvalue weighted by Gasteiger charge is 2.37. The minimum atomic E-state index is -0.790. The second-order valence-corrected chi connectivity index (χ2v) is 9.95. The summed E-state index contributed by atoms with van der Waals surface area (Å²) in [5.74, 6) is 0.789. The lowest BCUT2D eigenvalue weighted by Gasteiger charge is -2.26. The molecule has 0 amide bonds. The Bertz CT molecular complexity index is 994. The number of nitrogens with zero attached hydrogens (tertiary/aromatic N) is 3. The van der Waals surface area contributed by atoms with E-state index >= 15 is 0 Å².